The number of piperazine rings is 1. The zero-order valence-electron chi connectivity index (χ0n) is 15.5. The molecule has 29 heavy (non-hydrogen) atoms. The normalized spacial score (nSPS) is 39.1. The van der Waals surface area contributed by atoms with E-state index in [2.05, 4.69) is 0 Å². The summed E-state index contributed by atoms with van der Waals surface area (Å²) in [4.78, 5) is 27.5. The smallest absolute Gasteiger partial charge is 0.303 e. The number of hydrogen-bond acceptors (Lipinski definition) is 8. The van der Waals surface area contributed by atoms with Crippen LogP contribution in [0.1, 0.15) is 18.9 Å². The fraction of sp³-hybridized carbons (Fsp3) is 0.400. The van der Waals surface area contributed by atoms with Crippen molar-refractivity contribution < 1.29 is 24.2 Å². The van der Waals surface area contributed by atoms with Gasteiger partial charge in [0.15, 0.2) is 4.87 Å². The van der Waals surface area contributed by atoms with Crippen LogP contribution in [0, 0.1) is 0 Å². The molecule has 6 aliphatic heterocycles. The average molecular weight is 431 g/mol. The topological polar surface area (TPSA) is 79.3 Å². The maximum absolute atomic E-state index is 13.9. The summed E-state index contributed by atoms with van der Waals surface area (Å²) < 4.78 is 11.0. The van der Waals surface area contributed by atoms with Gasteiger partial charge in [-0.05, 0) is 23.3 Å². The maximum Gasteiger partial charge on any atom is 0.303 e. The summed E-state index contributed by atoms with van der Waals surface area (Å²) in [5.41, 5.74) is 2.77. The first-order valence-corrected chi connectivity index (χ1v) is 11.6. The van der Waals surface area contributed by atoms with Gasteiger partial charge in [-0.1, -0.05) is 39.8 Å². The van der Waals surface area contributed by atoms with E-state index in [9.17, 15) is 14.7 Å². The van der Waals surface area contributed by atoms with Crippen molar-refractivity contribution in [3.8, 4) is 0 Å². The minimum absolute atomic E-state index is 0.0315. The molecule has 2 spiro atoms. The molecule has 9 heteroatoms. The van der Waals surface area contributed by atoms with E-state index in [1.54, 1.807) is 28.0 Å². The predicted octanol–water partition coefficient (Wildman–Crippen LogP) is 2.13. The minimum atomic E-state index is -0.966. The summed E-state index contributed by atoms with van der Waals surface area (Å²) in [6, 6.07) is 7.39. The fourth-order valence-corrected chi connectivity index (χ4v) is 9.01. The summed E-state index contributed by atoms with van der Waals surface area (Å²) in [5.74, 6) is -0.448. The number of benzene rings is 1. The highest BCUT2D eigenvalue weighted by Crippen LogP contribution is 2.69. The van der Waals surface area contributed by atoms with Crippen LogP contribution in [0.2, 0.25) is 0 Å². The van der Waals surface area contributed by atoms with Crippen LogP contribution >= 0.6 is 21.6 Å². The van der Waals surface area contributed by atoms with Crippen LogP contribution < -0.4 is 4.90 Å². The molecule has 6 aliphatic rings. The van der Waals surface area contributed by atoms with Crippen LogP contribution in [0.25, 0.3) is 0 Å². The van der Waals surface area contributed by atoms with Gasteiger partial charge in [0.1, 0.15) is 17.2 Å². The molecule has 1 N–H and O–H groups in total. The van der Waals surface area contributed by atoms with Crippen molar-refractivity contribution in [2.24, 2.45) is 0 Å². The van der Waals surface area contributed by atoms with E-state index in [4.69, 9.17) is 9.47 Å². The Morgan fingerprint density at radius 1 is 1.31 bits per heavy atom. The van der Waals surface area contributed by atoms with Crippen LogP contribution in [0.15, 0.2) is 48.4 Å². The molecule has 0 saturated carbocycles. The number of esters is 1. The van der Waals surface area contributed by atoms with E-state index in [0.29, 0.717) is 12.8 Å². The van der Waals surface area contributed by atoms with Gasteiger partial charge in [-0.25, -0.2) is 4.90 Å². The number of aliphatic hydroxyl groups excluding tert-OH is 1. The summed E-state index contributed by atoms with van der Waals surface area (Å²) in [7, 11) is 3.07. The lowest BCUT2D eigenvalue weighted by Gasteiger charge is -2.61. The number of para-hydroxylation sites is 1. The summed E-state index contributed by atoms with van der Waals surface area (Å²) >= 11 is 0. The first-order valence-electron chi connectivity index (χ1n) is 9.42. The van der Waals surface area contributed by atoms with Gasteiger partial charge in [-0.3, -0.25) is 14.5 Å². The van der Waals surface area contributed by atoms with Crippen molar-refractivity contribution in [2.75, 3.05) is 4.90 Å². The van der Waals surface area contributed by atoms with Crippen molar-refractivity contribution >= 4 is 39.2 Å². The molecule has 4 saturated heterocycles. The second-order valence-electron chi connectivity index (χ2n) is 7.88. The van der Waals surface area contributed by atoms with Gasteiger partial charge in [-0.2, -0.15) is 0 Å². The van der Waals surface area contributed by atoms with Gasteiger partial charge in [0, 0.05) is 25.5 Å². The number of rotatable bonds is 1. The molecule has 0 aromatic heterocycles. The standard InChI is InChI=1S/C20H18N2O5S2/c1-11(23)27-15-6-7-26-10-13-9-20-17(24)21-14-5-3-2-4-12(14)8-19(21,28-29-20)18(25)22(20)16(13)15/h2-7,10,15-16,18,25H,8-9H2,1H3/t15-,16?,18?,19+,20+/m0/s1. The number of nitrogens with zero attached hydrogens (tertiary/aromatic N) is 2. The second kappa shape index (κ2) is 5.81. The zero-order valence-corrected chi connectivity index (χ0v) is 17.1. The molecule has 1 aromatic rings. The van der Waals surface area contributed by atoms with Gasteiger partial charge in [0.05, 0.1) is 18.6 Å². The molecule has 7 rings (SSSR count). The molecule has 150 valence electrons. The highest BCUT2D eigenvalue weighted by atomic mass is 33.1. The Morgan fingerprint density at radius 3 is 2.97 bits per heavy atom. The van der Waals surface area contributed by atoms with E-state index in [-0.39, 0.29) is 5.91 Å². The third-order valence-corrected chi connectivity index (χ3v) is 9.96. The van der Waals surface area contributed by atoms with Crippen molar-refractivity contribution in [2.45, 2.75) is 47.9 Å². The van der Waals surface area contributed by atoms with Gasteiger partial charge in [0.2, 0.25) is 0 Å². The number of carbonyl (C=O) groups excluding carboxylic acids is 2. The first-order chi connectivity index (χ1) is 14.0. The van der Waals surface area contributed by atoms with E-state index in [1.807, 2.05) is 29.2 Å². The highest BCUT2D eigenvalue weighted by Gasteiger charge is 2.75. The molecule has 0 radical (unpaired) electrons. The lowest BCUT2D eigenvalue weighted by atomic mass is 10.0. The Hall–Kier alpha value is -1.94. The van der Waals surface area contributed by atoms with E-state index in [0.717, 1.165) is 16.8 Å². The Bertz CT molecular complexity index is 1010. The number of ether oxygens (including phenoxy) is 2. The Morgan fingerprint density at radius 2 is 2.14 bits per heavy atom. The van der Waals surface area contributed by atoms with Crippen molar-refractivity contribution in [1.29, 1.82) is 0 Å². The number of aliphatic hydroxyl groups is 1. The summed E-state index contributed by atoms with van der Waals surface area (Å²) in [6.45, 7) is 1.36. The average Bonchev–Trinajstić information content (AvgIpc) is 3.15. The number of hydrogen-bond donors (Lipinski definition) is 1. The summed E-state index contributed by atoms with van der Waals surface area (Å²) in [6.07, 6.45) is 4.19. The van der Waals surface area contributed by atoms with Crippen LogP contribution in [0.3, 0.4) is 0 Å². The Balaban J connectivity index is 1.51. The monoisotopic (exact) mass is 430 g/mol. The Labute approximate surface area is 175 Å². The quantitative estimate of drug-likeness (QED) is 0.536. The van der Waals surface area contributed by atoms with Gasteiger partial charge < -0.3 is 14.6 Å². The van der Waals surface area contributed by atoms with Crippen LogP contribution in [-0.4, -0.2) is 50.0 Å². The van der Waals surface area contributed by atoms with E-state index in [1.165, 1.54) is 24.0 Å². The third-order valence-electron chi connectivity index (χ3n) is 6.30. The fourth-order valence-electron chi connectivity index (χ4n) is 5.22. The van der Waals surface area contributed by atoms with Crippen molar-refractivity contribution in [3.63, 3.8) is 0 Å². The van der Waals surface area contributed by atoms with Crippen LogP contribution in [0.5, 0.6) is 0 Å². The predicted molar refractivity (Wildman–Crippen MR) is 108 cm³/mol. The number of anilines is 1. The lowest BCUT2D eigenvalue weighted by Crippen LogP contribution is -2.78. The zero-order chi connectivity index (χ0) is 20.0. The van der Waals surface area contributed by atoms with Gasteiger partial charge in [0.25, 0.3) is 5.91 Å². The summed E-state index contributed by atoms with van der Waals surface area (Å²) in [5, 5.41) is 11.7. The highest BCUT2D eigenvalue weighted by molar-refractivity contribution is 8.78. The second-order valence-corrected chi connectivity index (χ2v) is 10.6. The molecule has 2 unspecified atom stereocenters. The van der Waals surface area contributed by atoms with Crippen molar-refractivity contribution in [1.82, 2.24) is 4.90 Å². The number of amides is 1. The molecule has 2 bridgehead atoms. The Kier molecular flexibility index (Phi) is 3.58. The third kappa shape index (κ3) is 2.09. The molecular formula is C20H18N2O5S2. The lowest BCUT2D eigenvalue weighted by molar-refractivity contribution is -0.157. The molecule has 7 nitrogen and oxygen atoms in total. The van der Waals surface area contributed by atoms with Crippen LogP contribution in [-0.2, 0) is 25.5 Å². The molecule has 1 amide bonds. The molecule has 0 aliphatic carbocycles. The SMILES string of the molecule is CC(=O)O[C@H]1C=COC=C2C[C@@]34SS[C@]5(Cc6ccccc6N5C3=O)C(O)N4C21. The molecule has 1 aromatic carbocycles. The largest absolute Gasteiger partial charge is 0.473 e. The number of carbonyl (C=O) groups is 2. The van der Waals surface area contributed by atoms with E-state index >= 15 is 0 Å². The minimum Gasteiger partial charge on any atom is -0.473 e. The number of fused-ring (bicyclic) bond motifs is 3. The van der Waals surface area contributed by atoms with Gasteiger partial charge in [-0.15, -0.1) is 0 Å². The molecule has 6 heterocycles. The van der Waals surface area contributed by atoms with Crippen LogP contribution in [0.4, 0.5) is 5.69 Å². The maximum atomic E-state index is 13.9. The molecular weight excluding hydrogens is 412 g/mol. The first kappa shape index (κ1) is 17.9. The molecule has 5 atom stereocenters. The molecule has 4 fully saturated rings. The van der Waals surface area contributed by atoms with Crippen molar-refractivity contribution in [3.05, 3.63) is 54.0 Å². The van der Waals surface area contributed by atoms with E-state index < -0.39 is 34.1 Å². The van der Waals surface area contributed by atoms with Gasteiger partial charge >= 0.3 is 5.97 Å².